The Labute approximate surface area is 143 Å². The van der Waals surface area contributed by atoms with Gasteiger partial charge < -0.3 is 14.8 Å². The molecule has 0 bridgehead atoms. The number of halogens is 1. The number of rotatable bonds is 3. The molecule has 5 heteroatoms. The van der Waals surface area contributed by atoms with Crippen LogP contribution in [0.5, 0.6) is 11.5 Å². The Bertz CT molecular complexity index is 536. The fourth-order valence-corrected chi connectivity index (χ4v) is 4.58. The van der Waals surface area contributed by atoms with Crippen LogP contribution >= 0.6 is 11.6 Å². The number of nitrogens with zero attached hydrogens (tertiary/aromatic N) is 1. The van der Waals surface area contributed by atoms with E-state index in [1.807, 2.05) is 6.07 Å². The molecule has 2 fully saturated rings. The van der Waals surface area contributed by atoms with Crippen LogP contribution in [0.1, 0.15) is 43.7 Å². The molecule has 1 atom stereocenters. The minimum absolute atomic E-state index is 0.302. The Hall–Kier alpha value is -0.970. The van der Waals surface area contributed by atoms with Crippen LogP contribution in [0.2, 0.25) is 5.02 Å². The van der Waals surface area contributed by atoms with Crippen molar-refractivity contribution in [3.8, 4) is 11.5 Å². The van der Waals surface area contributed by atoms with Crippen molar-refractivity contribution < 1.29 is 9.47 Å². The summed E-state index contributed by atoms with van der Waals surface area (Å²) in [6, 6.07) is 4.47. The van der Waals surface area contributed by atoms with Gasteiger partial charge in [0.25, 0.3) is 0 Å². The van der Waals surface area contributed by atoms with Crippen LogP contribution in [-0.4, -0.2) is 37.9 Å². The van der Waals surface area contributed by atoms with Crippen LogP contribution in [-0.2, 0) is 0 Å². The molecule has 1 aromatic carbocycles. The SMILES string of the molecule is Clc1cc2c(cc1[C@H](C1CCCCC1)N1CCNCC1)OCO2. The second kappa shape index (κ2) is 6.88. The number of benzene rings is 1. The Balaban J connectivity index is 1.68. The van der Waals surface area contributed by atoms with Gasteiger partial charge in [-0.2, -0.15) is 0 Å². The van der Waals surface area contributed by atoms with Crippen LogP contribution in [0.4, 0.5) is 0 Å². The number of nitrogens with one attached hydrogen (secondary N) is 1. The Morgan fingerprint density at radius 3 is 2.48 bits per heavy atom. The molecule has 3 aliphatic rings. The standard InChI is InChI=1S/C18H25ClN2O2/c19-15-11-17-16(22-12-23-17)10-14(15)18(13-4-2-1-3-5-13)21-8-6-20-7-9-21/h10-11,13,18,20H,1-9,12H2/t18-/m0/s1. The summed E-state index contributed by atoms with van der Waals surface area (Å²) in [5.74, 6) is 2.32. The van der Waals surface area contributed by atoms with Gasteiger partial charge in [0, 0.05) is 43.3 Å². The molecule has 0 radical (unpaired) electrons. The van der Waals surface area contributed by atoms with Gasteiger partial charge in [-0.3, -0.25) is 4.90 Å². The van der Waals surface area contributed by atoms with Gasteiger partial charge >= 0.3 is 0 Å². The van der Waals surface area contributed by atoms with Gasteiger partial charge in [0.05, 0.1) is 0 Å². The first-order valence-electron chi connectivity index (χ1n) is 8.87. The summed E-state index contributed by atoms with van der Waals surface area (Å²) in [6.07, 6.45) is 6.67. The Morgan fingerprint density at radius 1 is 1.04 bits per heavy atom. The van der Waals surface area contributed by atoms with Crippen molar-refractivity contribution in [3.05, 3.63) is 22.7 Å². The van der Waals surface area contributed by atoms with E-state index >= 15 is 0 Å². The third-order valence-electron chi connectivity index (χ3n) is 5.45. The largest absolute Gasteiger partial charge is 0.454 e. The van der Waals surface area contributed by atoms with Crippen molar-refractivity contribution in [1.82, 2.24) is 10.2 Å². The number of hydrogen-bond donors (Lipinski definition) is 1. The van der Waals surface area contributed by atoms with Gasteiger partial charge in [-0.05, 0) is 30.4 Å². The van der Waals surface area contributed by atoms with Crippen LogP contribution in [0.15, 0.2) is 12.1 Å². The summed E-state index contributed by atoms with van der Waals surface area (Å²) in [4.78, 5) is 2.62. The minimum Gasteiger partial charge on any atom is -0.454 e. The Kier molecular flexibility index (Phi) is 4.65. The fourth-order valence-electron chi connectivity index (χ4n) is 4.32. The lowest BCUT2D eigenvalue weighted by Gasteiger charge is -2.41. The predicted octanol–water partition coefficient (Wildman–Crippen LogP) is 3.60. The van der Waals surface area contributed by atoms with E-state index in [0.29, 0.717) is 18.8 Å². The number of fused-ring (bicyclic) bond motifs is 1. The van der Waals surface area contributed by atoms with Crippen LogP contribution in [0.25, 0.3) is 0 Å². The molecule has 1 N–H and O–H groups in total. The van der Waals surface area contributed by atoms with E-state index in [2.05, 4.69) is 16.3 Å². The van der Waals surface area contributed by atoms with E-state index < -0.39 is 0 Å². The summed E-state index contributed by atoms with van der Waals surface area (Å²) in [7, 11) is 0. The van der Waals surface area contributed by atoms with Gasteiger partial charge in [0.1, 0.15) is 0 Å². The highest BCUT2D eigenvalue weighted by Gasteiger charge is 2.33. The second-order valence-electron chi connectivity index (χ2n) is 6.86. The molecule has 1 saturated heterocycles. The van der Waals surface area contributed by atoms with E-state index in [1.54, 1.807) is 0 Å². The first kappa shape index (κ1) is 15.6. The van der Waals surface area contributed by atoms with Crippen molar-refractivity contribution >= 4 is 11.6 Å². The monoisotopic (exact) mass is 336 g/mol. The van der Waals surface area contributed by atoms with Crippen molar-refractivity contribution in [2.45, 2.75) is 38.1 Å². The van der Waals surface area contributed by atoms with Gasteiger partial charge in [-0.15, -0.1) is 0 Å². The molecular weight excluding hydrogens is 312 g/mol. The molecular formula is C18H25ClN2O2. The highest BCUT2D eigenvalue weighted by molar-refractivity contribution is 6.31. The highest BCUT2D eigenvalue weighted by atomic mass is 35.5. The Morgan fingerprint density at radius 2 is 1.74 bits per heavy atom. The zero-order chi connectivity index (χ0) is 15.6. The van der Waals surface area contributed by atoms with E-state index in [0.717, 1.165) is 42.7 Å². The lowest BCUT2D eigenvalue weighted by atomic mass is 9.80. The zero-order valence-electron chi connectivity index (χ0n) is 13.5. The average molecular weight is 337 g/mol. The fraction of sp³-hybridized carbons (Fsp3) is 0.667. The molecule has 0 unspecified atom stereocenters. The molecule has 1 saturated carbocycles. The summed E-state index contributed by atoms with van der Waals surface area (Å²) < 4.78 is 11.1. The number of piperazine rings is 1. The molecule has 126 valence electrons. The second-order valence-corrected chi connectivity index (χ2v) is 7.26. The molecule has 1 aromatic rings. The molecule has 0 spiro atoms. The van der Waals surface area contributed by atoms with Crippen molar-refractivity contribution in [1.29, 1.82) is 0 Å². The van der Waals surface area contributed by atoms with E-state index in [1.165, 1.54) is 37.7 Å². The first-order valence-corrected chi connectivity index (χ1v) is 9.24. The summed E-state index contributed by atoms with van der Waals surface area (Å²) in [6.45, 7) is 4.60. The molecule has 0 amide bonds. The van der Waals surface area contributed by atoms with Gasteiger partial charge in [-0.1, -0.05) is 30.9 Å². The average Bonchev–Trinajstić information content (AvgIpc) is 3.04. The minimum atomic E-state index is 0.302. The maximum absolute atomic E-state index is 6.66. The quantitative estimate of drug-likeness (QED) is 0.914. The molecule has 0 aromatic heterocycles. The van der Waals surface area contributed by atoms with Crippen LogP contribution < -0.4 is 14.8 Å². The molecule has 2 heterocycles. The van der Waals surface area contributed by atoms with Crippen molar-refractivity contribution in [2.75, 3.05) is 33.0 Å². The third kappa shape index (κ3) is 3.17. The molecule has 4 nitrogen and oxygen atoms in total. The summed E-state index contributed by atoms with van der Waals surface area (Å²) in [5, 5.41) is 4.28. The van der Waals surface area contributed by atoms with E-state index in [4.69, 9.17) is 21.1 Å². The molecule has 2 aliphatic heterocycles. The lowest BCUT2D eigenvalue weighted by Crippen LogP contribution is -2.47. The van der Waals surface area contributed by atoms with E-state index in [-0.39, 0.29) is 0 Å². The van der Waals surface area contributed by atoms with Crippen molar-refractivity contribution in [3.63, 3.8) is 0 Å². The molecule has 1 aliphatic carbocycles. The van der Waals surface area contributed by atoms with Crippen molar-refractivity contribution in [2.24, 2.45) is 5.92 Å². The van der Waals surface area contributed by atoms with Gasteiger partial charge in [-0.25, -0.2) is 0 Å². The normalized spacial score (nSPS) is 23.9. The maximum atomic E-state index is 6.66. The summed E-state index contributed by atoms with van der Waals surface area (Å²) >= 11 is 6.66. The maximum Gasteiger partial charge on any atom is 0.231 e. The first-order chi connectivity index (χ1) is 11.3. The predicted molar refractivity (Wildman–Crippen MR) is 91.3 cm³/mol. The van der Waals surface area contributed by atoms with Gasteiger partial charge in [0.2, 0.25) is 6.79 Å². The van der Waals surface area contributed by atoms with Crippen LogP contribution in [0, 0.1) is 5.92 Å². The topological polar surface area (TPSA) is 33.7 Å². The third-order valence-corrected chi connectivity index (χ3v) is 5.78. The van der Waals surface area contributed by atoms with E-state index in [9.17, 15) is 0 Å². The zero-order valence-corrected chi connectivity index (χ0v) is 14.3. The van der Waals surface area contributed by atoms with Gasteiger partial charge in [0.15, 0.2) is 11.5 Å². The highest BCUT2D eigenvalue weighted by Crippen LogP contribution is 2.45. The number of ether oxygens (including phenoxy) is 2. The van der Waals surface area contributed by atoms with Crippen LogP contribution in [0.3, 0.4) is 0 Å². The number of hydrogen-bond acceptors (Lipinski definition) is 4. The lowest BCUT2D eigenvalue weighted by molar-refractivity contribution is 0.103. The molecule has 4 rings (SSSR count). The smallest absolute Gasteiger partial charge is 0.231 e. The molecule has 23 heavy (non-hydrogen) atoms. The summed E-state index contributed by atoms with van der Waals surface area (Å²) in [5.41, 5.74) is 1.23.